The minimum atomic E-state index is -0.271. The van der Waals surface area contributed by atoms with Crippen LogP contribution in [0.3, 0.4) is 0 Å². The summed E-state index contributed by atoms with van der Waals surface area (Å²) in [5.74, 6) is 0.333. The summed E-state index contributed by atoms with van der Waals surface area (Å²) in [6.07, 6.45) is 2.81. The second-order valence-corrected chi connectivity index (χ2v) is 3.42. The van der Waals surface area contributed by atoms with Crippen molar-refractivity contribution in [3.8, 4) is 0 Å². The molecule has 0 saturated heterocycles. The molecular weight excluding hydrogens is 216 g/mol. The predicted octanol–water partition coefficient (Wildman–Crippen LogP) is 0.147. The predicted molar refractivity (Wildman–Crippen MR) is 52.2 cm³/mol. The summed E-state index contributed by atoms with van der Waals surface area (Å²) in [5, 5.41) is 9.09. The summed E-state index contributed by atoms with van der Waals surface area (Å²) in [5.41, 5.74) is 0.311. The fourth-order valence-electron chi connectivity index (χ4n) is 1.03. The molecule has 2 aromatic rings. The van der Waals surface area contributed by atoms with E-state index in [0.29, 0.717) is 11.5 Å². The van der Waals surface area contributed by atoms with Gasteiger partial charge in [0.1, 0.15) is 12.2 Å². The van der Waals surface area contributed by atoms with Gasteiger partial charge in [-0.1, -0.05) is 0 Å². The number of hydrogen-bond acceptors (Lipinski definition) is 6. The molecule has 1 amide bonds. The third-order valence-corrected chi connectivity index (χ3v) is 2.26. The minimum absolute atomic E-state index is 0.235. The van der Waals surface area contributed by atoms with Crippen LogP contribution in [0.4, 0.5) is 0 Å². The number of rotatable bonds is 3. The number of aromatic nitrogens is 5. The van der Waals surface area contributed by atoms with Crippen molar-refractivity contribution < 1.29 is 4.79 Å². The van der Waals surface area contributed by atoms with E-state index in [9.17, 15) is 4.79 Å². The van der Waals surface area contributed by atoms with Gasteiger partial charge in [-0.15, -0.1) is 0 Å². The van der Waals surface area contributed by atoms with Gasteiger partial charge in [0.15, 0.2) is 5.69 Å². The van der Waals surface area contributed by atoms with Gasteiger partial charge in [-0.25, -0.2) is 4.98 Å². The van der Waals surface area contributed by atoms with E-state index in [-0.39, 0.29) is 11.9 Å². The third-order valence-electron chi connectivity index (χ3n) is 1.79. The lowest BCUT2D eigenvalue weighted by Gasteiger charge is -2.08. The first-order valence-electron chi connectivity index (χ1n) is 4.21. The highest BCUT2D eigenvalue weighted by Crippen LogP contribution is 2.05. The number of aromatic amines is 1. The SMILES string of the molecule is CC(NC(=O)c1cnsn1)c1ncn[nH]1. The van der Waals surface area contributed by atoms with Crippen molar-refractivity contribution in [2.45, 2.75) is 13.0 Å². The molecule has 0 aromatic carbocycles. The van der Waals surface area contributed by atoms with Gasteiger partial charge in [0.25, 0.3) is 5.91 Å². The van der Waals surface area contributed by atoms with E-state index in [2.05, 4.69) is 29.2 Å². The van der Waals surface area contributed by atoms with Gasteiger partial charge >= 0.3 is 0 Å². The van der Waals surface area contributed by atoms with Crippen molar-refractivity contribution in [3.63, 3.8) is 0 Å². The van der Waals surface area contributed by atoms with Crippen LogP contribution < -0.4 is 5.32 Å². The molecule has 0 spiro atoms. The van der Waals surface area contributed by atoms with Crippen LogP contribution in [0.5, 0.6) is 0 Å². The van der Waals surface area contributed by atoms with Crippen LogP contribution >= 0.6 is 11.7 Å². The summed E-state index contributed by atoms with van der Waals surface area (Å²) >= 11 is 0.996. The zero-order chi connectivity index (χ0) is 10.7. The molecule has 78 valence electrons. The van der Waals surface area contributed by atoms with Crippen molar-refractivity contribution in [1.82, 2.24) is 29.2 Å². The Morgan fingerprint density at radius 1 is 1.67 bits per heavy atom. The Morgan fingerprint density at radius 2 is 2.53 bits per heavy atom. The topological polar surface area (TPSA) is 96.5 Å². The molecule has 2 aromatic heterocycles. The Kier molecular flexibility index (Phi) is 2.68. The normalized spacial score (nSPS) is 12.3. The smallest absolute Gasteiger partial charge is 0.273 e. The summed E-state index contributed by atoms with van der Waals surface area (Å²) in [7, 11) is 0. The molecule has 0 aliphatic carbocycles. The lowest BCUT2D eigenvalue weighted by molar-refractivity contribution is 0.0934. The minimum Gasteiger partial charge on any atom is -0.341 e. The van der Waals surface area contributed by atoms with Gasteiger partial charge in [-0.2, -0.15) is 13.8 Å². The van der Waals surface area contributed by atoms with Gasteiger partial charge < -0.3 is 5.32 Å². The van der Waals surface area contributed by atoms with E-state index < -0.39 is 0 Å². The molecule has 0 saturated carbocycles. The first kappa shape index (κ1) is 9.71. The second kappa shape index (κ2) is 4.13. The van der Waals surface area contributed by atoms with Crippen molar-refractivity contribution in [2.75, 3.05) is 0 Å². The Morgan fingerprint density at radius 3 is 3.13 bits per heavy atom. The lowest BCUT2D eigenvalue weighted by atomic mass is 10.3. The van der Waals surface area contributed by atoms with Crippen LogP contribution in [-0.4, -0.2) is 29.8 Å². The Balaban J connectivity index is 2.01. The average molecular weight is 224 g/mol. The molecule has 0 fully saturated rings. The van der Waals surface area contributed by atoms with Crippen molar-refractivity contribution in [2.24, 2.45) is 0 Å². The number of nitrogens with zero attached hydrogens (tertiary/aromatic N) is 4. The van der Waals surface area contributed by atoms with Crippen LogP contribution in [0.25, 0.3) is 0 Å². The molecule has 15 heavy (non-hydrogen) atoms. The fraction of sp³-hybridized carbons (Fsp3) is 0.286. The zero-order valence-electron chi connectivity index (χ0n) is 7.84. The number of hydrogen-bond donors (Lipinski definition) is 2. The van der Waals surface area contributed by atoms with E-state index in [1.54, 1.807) is 6.92 Å². The van der Waals surface area contributed by atoms with Gasteiger partial charge in [-0.3, -0.25) is 9.89 Å². The van der Waals surface area contributed by atoms with E-state index in [1.807, 2.05) is 0 Å². The molecule has 0 aliphatic rings. The molecule has 1 atom stereocenters. The van der Waals surface area contributed by atoms with E-state index in [1.165, 1.54) is 12.5 Å². The quantitative estimate of drug-likeness (QED) is 0.773. The number of carbonyl (C=O) groups excluding carboxylic acids is 1. The van der Waals surface area contributed by atoms with Gasteiger partial charge in [-0.05, 0) is 6.92 Å². The number of nitrogens with one attached hydrogen (secondary N) is 2. The number of H-pyrrole nitrogens is 1. The molecule has 2 rings (SSSR count). The highest BCUT2D eigenvalue weighted by molar-refractivity contribution is 6.99. The molecular formula is C7H8N6OS. The molecule has 8 heteroatoms. The van der Waals surface area contributed by atoms with Crippen molar-refractivity contribution >= 4 is 17.6 Å². The van der Waals surface area contributed by atoms with E-state index >= 15 is 0 Å². The van der Waals surface area contributed by atoms with Crippen molar-refractivity contribution in [1.29, 1.82) is 0 Å². The largest absolute Gasteiger partial charge is 0.341 e. The summed E-state index contributed by atoms with van der Waals surface area (Å²) in [6.45, 7) is 1.80. The second-order valence-electron chi connectivity index (χ2n) is 2.86. The van der Waals surface area contributed by atoms with Crippen LogP contribution in [0.2, 0.25) is 0 Å². The first-order chi connectivity index (χ1) is 7.27. The monoisotopic (exact) mass is 224 g/mol. The summed E-state index contributed by atoms with van der Waals surface area (Å²) in [4.78, 5) is 15.5. The molecule has 0 radical (unpaired) electrons. The van der Waals surface area contributed by atoms with E-state index in [0.717, 1.165) is 11.7 Å². The highest BCUT2D eigenvalue weighted by Gasteiger charge is 2.14. The molecule has 0 aliphatic heterocycles. The molecule has 2 heterocycles. The standard InChI is InChI=1S/C7H8N6OS/c1-4(6-8-3-9-12-6)11-7(14)5-2-10-15-13-5/h2-4H,1H3,(H,11,14)(H,8,9,12). The molecule has 2 N–H and O–H groups in total. The van der Waals surface area contributed by atoms with Gasteiger partial charge in [0, 0.05) is 0 Å². The Labute approximate surface area is 89.3 Å². The van der Waals surface area contributed by atoms with Gasteiger partial charge in [0.2, 0.25) is 0 Å². The maximum atomic E-state index is 11.5. The lowest BCUT2D eigenvalue weighted by Crippen LogP contribution is -2.27. The van der Waals surface area contributed by atoms with Crippen LogP contribution in [-0.2, 0) is 0 Å². The summed E-state index contributed by atoms with van der Waals surface area (Å²) < 4.78 is 7.57. The maximum Gasteiger partial charge on any atom is 0.273 e. The molecule has 0 bridgehead atoms. The van der Waals surface area contributed by atoms with Crippen LogP contribution in [0, 0.1) is 0 Å². The maximum absolute atomic E-state index is 11.5. The Bertz CT molecular complexity index is 424. The third kappa shape index (κ3) is 2.15. The van der Waals surface area contributed by atoms with E-state index in [4.69, 9.17) is 0 Å². The summed E-state index contributed by atoms with van der Waals surface area (Å²) in [6, 6.07) is -0.235. The van der Waals surface area contributed by atoms with Gasteiger partial charge in [0.05, 0.1) is 24.0 Å². The molecule has 1 unspecified atom stereocenters. The zero-order valence-corrected chi connectivity index (χ0v) is 8.65. The molecule has 7 nitrogen and oxygen atoms in total. The number of carbonyl (C=O) groups is 1. The number of amides is 1. The first-order valence-corrected chi connectivity index (χ1v) is 4.94. The van der Waals surface area contributed by atoms with Crippen molar-refractivity contribution in [3.05, 3.63) is 24.0 Å². The van der Waals surface area contributed by atoms with Crippen LogP contribution in [0.1, 0.15) is 29.3 Å². The average Bonchev–Trinajstić information content (AvgIpc) is 2.91. The Hall–Kier alpha value is -1.83. The highest BCUT2D eigenvalue weighted by atomic mass is 32.1. The van der Waals surface area contributed by atoms with Crippen LogP contribution in [0.15, 0.2) is 12.5 Å². The fourth-order valence-corrected chi connectivity index (χ4v) is 1.44.